The molecule has 1 aliphatic rings. The Kier molecular flexibility index (Phi) is 9.40. The lowest BCUT2D eigenvalue weighted by molar-refractivity contribution is 0.0933. The fourth-order valence-corrected chi connectivity index (χ4v) is 5.53. The molecule has 3 unspecified atom stereocenters. The molecule has 1 aromatic rings. The highest BCUT2D eigenvalue weighted by Gasteiger charge is 2.32. The Morgan fingerprint density at radius 2 is 1.86 bits per heavy atom. The second kappa shape index (κ2) is 10.6. The summed E-state index contributed by atoms with van der Waals surface area (Å²) in [6, 6.07) is 6.17. The molecule has 3 atom stereocenters. The number of hydrogen-bond acceptors (Lipinski definition) is 4. The maximum atomic E-state index is 13.1. The molecule has 2 rings (SSSR count). The third kappa shape index (κ3) is 6.44. The standard InChI is InChI=1S/C20H33N3O3S.ClH/c1-14(2)8-18(11-21)22-20(24)17-6-5-7-19(10-17)27(25,26)23-12-15(3)9-16(4)13-23;/h5-7,10,14-16,18H,8-9,11-13,21H2,1-4H3,(H,22,24);1H. The van der Waals surface area contributed by atoms with Crippen LogP contribution in [0.1, 0.15) is 50.9 Å². The molecule has 0 aromatic heterocycles. The molecule has 1 heterocycles. The molecule has 1 amide bonds. The van der Waals surface area contributed by atoms with Gasteiger partial charge in [-0.2, -0.15) is 4.31 Å². The molecular weight excluding hydrogens is 398 g/mol. The van der Waals surface area contributed by atoms with E-state index in [0.29, 0.717) is 43.0 Å². The highest BCUT2D eigenvalue weighted by molar-refractivity contribution is 7.89. The van der Waals surface area contributed by atoms with Gasteiger partial charge in [-0.3, -0.25) is 4.79 Å². The normalized spacial score (nSPS) is 21.8. The van der Waals surface area contributed by atoms with Gasteiger partial charge in [-0.1, -0.05) is 33.8 Å². The Hall–Kier alpha value is -1.15. The van der Waals surface area contributed by atoms with E-state index in [0.717, 1.165) is 12.8 Å². The number of nitrogens with two attached hydrogens (primary N) is 1. The topological polar surface area (TPSA) is 92.5 Å². The molecule has 0 radical (unpaired) electrons. The first kappa shape index (κ1) is 24.9. The number of nitrogens with one attached hydrogen (secondary N) is 1. The van der Waals surface area contributed by atoms with Gasteiger partial charge in [0.15, 0.2) is 0 Å². The van der Waals surface area contributed by atoms with Crippen LogP contribution >= 0.6 is 12.4 Å². The molecule has 28 heavy (non-hydrogen) atoms. The second-order valence-corrected chi connectivity index (χ2v) is 10.3. The monoisotopic (exact) mass is 431 g/mol. The number of hydrogen-bond donors (Lipinski definition) is 2. The van der Waals surface area contributed by atoms with Crippen molar-refractivity contribution in [2.24, 2.45) is 23.5 Å². The summed E-state index contributed by atoms with van der Waals surface area (Å²) in [5, 5.41) is 2.91. The van der Waals surface area contributed by atoms with E-state index in [1.54, 1.807) is 22.5 Å². The summed E-state index contributed by atoms with van der Waals surface area (Å²) in [5.41, 5.74) is 6.10. The van der Waals surface area contributed by atoms with Crippen molar-refractivity contribution in [3.05, 3.63) is 29.8 Å². The van der Waals surface area contributed by atoms with Crippen LogP contribution in [0.3, 0.4) is 0 Å². The summed E-state index contributed by atoms with van der Waals surface area (Å²) in [6.07, 6.45) is 1.81. The van der Waals surface area contributed by atoms with Crippen LogP contribution in [-0.2, 0) is 10.0 Å². The molecule has 0 bridgehead atoms. The van der Waals surface area contributed by atoms with Gasteiger partial charge >= 0.3 is 0 Å². The molecule has 1 saturated heterocycles. The average molecular weight is 432 g/mol. The number of piperidine rings is 1. The van der Waals surface area contributed by atoms with Crippen molar-refractivity contribution in [2.75, 3.05) is 19.6 Å². The van der Waals surface area contributed by atoms with Gasteiger partial charge in [0, 0.05) is 31.2 Å². The predicted molar refractivity (Wildman–Crippen MR) is 115 cm³/mol. The average Bonchev–Trinajstić information content (AvgIpc) is 2.60. The van der Waals surface area contributed by atoms with Crippen molar-refractivity contribution in [1.82, 2.24) is 9.62 Å². The first-order chi connectivity index (χ1) is 12.6. The molecule has 8 heteroatoms. The number of rotatable bonds is 7. The molecule has 0 spiro atoms. The van der Waals surface area contributed by atoms with Gasteiger partial charge in [-0.25, -0.2) is 8.42 Å². The number of carbonyl (C=O) groups excluding carboxylic acids is 1. The first-order valence-electron chi connectivity index (χ1n) is 9.74. The minimum atomic E-state index is -3.61. The van der Waals surface area contributed by atoms with Gasteiger partial charge in [-0.15, -0.1) is 12.4 Å². The van der Waals surface area contributed by atoms with Crippen LogP contribution in [0, 0.1) is 17.8 Å². The largest absolute Gasteiger partial charge is 0.348 e. The van der Waals surface area contributed by atoms with Gasteiger partial charge < -0.3 is 11.1 Å². The van der Waals surface area contributed by atoms with Crippen LogP contribution in [-0.4, -0.2) is 44.3 Å². The second-order valence-electron chi connectivity index (χ2n) is 8.33. The highest BCUT2D eigenvalue weighted by Crippen LogP contribution is 2.27. The van der Waals surface area contributed by atoms with Crippen LogP contribution < -0.4 is 11.1 Å². The first-order valence-corrected chi connectivity index (χ1v) is 11.2. The predicted octanol–water partition coefficient (Wildman–Crippen LogP) is 2.88. The number of carbonyl (C=O) groups is 1. The fraction of sp³-hybridized carbons (Fsp3) is 0.650. The number of amides is 1. The van der Waals surface area contributed by atoms with Crippen LogP contribution in [0.4, 0.5) is 0 Å². The zero-order valence-electron chi connectivity index (χ0n) is 17.2. The van der Waals surface area contributed by atoms with Crippen molar-refractivity contribution in [2.45, 2.75) is 51.5 Å². The third-order valence-electron chi connectivity index (χ3n) is 4.95. The number of sulfonamides is 1. The molecule has 1 aromatic carbocycles. The zero-order chi connectivity index (χ0) is 20.2. The Labute approximate surface area is 175 Å². The molecule has 3 N–H and O–H groups in total. The molecular formula is C20H34ClN3O3S. The molecule has 1 aliphatic heterocycles. The number of halogens is 1. The minimum Gasteiger partial charge on any atom is -0.348 e. The van der Waals surface area contributed by atoms with Gasteiger partial charge in [0.25, 0.3) is 5.91 Å². The molecule has 0 saturated carbocycles. The highest BCUT2D eigenvalue weighted by atomic mass is 35.5. The summed E-state index contributed by atoms with van der Waals surface area (Å²) in [4.78, 5) is 12.8. The van der Waals surface area contributed by atoms with Crippen LogP contribution in [0.2, 0.25) is 0 Å². The molecule has 0 aliphatic carbocycles. The zero-order valence-corrected chi connectivity index (χ0v) is 18.9. The summed E-state index contributed by atoms with van der Waals surface area (Å²) in [6.45, 7) is 9.68. The summed E-state index contributed by atoms with van der Waals surface area (Å²) >= 11 is 0. The Bertz CT molecular complexity index is 745. The van der Waals surface area contributed by atoms with Crippen molar-refractivity contribution in [1.29, 1.82) is 0 Å². The van der Waals surface area contributed by atoms with Crippen LogP contribution in [0.15, 0.2) is 29.2 Å². The summed E-state index contributed by atoms with van der Waals surface area (Å²) in [5.74, 6) is 0.782. The van der Waals surface area contributed by atoms with Crippen LogP contribution in [0.25, 0.3) is 0 Å². The van der Waals surface area contributed by atoms with E-state index in [-0.39, 0.29) is 29.3 Å². The molecule has 160 valence electrons. The quantitative estimate of drug-likeness (QED) is 0.694. The van der Waals surface area contributed by atoms with Crippen molar-refractivity contribution in [3.8, 4) is 0 Å². The molecule has 1 fully saturated rings. The van der Waals surface area contributed by atoms with Crippen molar-refractivity contribution >= 4 is 28.3 Å². The molecule has 6 nitrogen and oxygen atoms in total. The van der Waals surface area contributed by atoms with Gasteiger partial charge in [-0.05, 0) is 48.8 Å². The SMILES string of the molecule is CC(C)CC(CN)NC(=O)c1cccc(S(=O)(=O)N2CC(C)CC(C)C2)c1.Cl. The number of benzene rings is 1. The maximum absolute atomic E-state index is 13.1. The number of nitrogens with zero attached hydrogens (tertiary/aromatic N) is 1. The Morgan fingerprint density at radius 1 is 1.25 bits per heavy atom. The van der Waals surface area contributed by atoms with Crippen molar-refractivity contribution < 1.29 is 13.2 Å². The van der Waals surface area contributed by atoms with E-state index < -0.39 is 10.0 Å². The van der Waals surface area contributed by atoms with E-state index in [4.69, 9.17) is 5.73 Å². The van der Waals surface area contributed by atoms with Crippen LogP contribution in [0.5, 0.6) is 0 Å². The van der Waals surface area contributed by atoms with E-state index >= 15 is 0 Å². The Morgan fingerprint density at radius 3 is 2.39 bits per heavy atom. The fourth-order valence-electron chi connectivity index (χ4n) is 3.80. The van der Waals surface area contributed by atoms with Gasteiger partial charge in [0.2, 0.25) is 10.0 Å². The van der Waals surface area contributed by atoms with Gasteiger partial charge in [0.1, 0.15) is 0 Å². The summed E-state index contributed by atoms with van der Waals surface area (Å²) < 4.78 is 27.6. The lowest BCUT2D eigenvalue weighted by Gasteiger charge is -2.34. The van der Waals surface area contributed by atoms with E-state index in [1.807, 2.05) is 0 Å². The van der Waals surface area contributed by atoms with Gasteiger partial charge in [0.05, 0.1) is 4.90 Å². The maximum Gasteiger partial charge on any atom is 0.251 e. The lowest BCUT2D eigenvalue weighted by atomic mass is 9.94. The van der Waals surface area contributed by atoms with E-state index in [2.05, 4.69) is 33.0 Å². The smallest absolute Gasteiger partial charge is 0.251 e. The third-order valence-corrected chi connectivity index (χ3v) is 6.77. The lowest BCUT2D eigenvalue weighted by Crippen LogP contribution is -2.42. The summed E-state index contributed by atoms with van der Waals surface area (Å²) in [7, 11) is -3.61. The van der Waals surface area contributed by atoms with E-state index in [1.165, 1.54) is 6.07 Å². The van der Waals surface area contributed by atoms with E-state index in [9.17, 15) is 13.2 Å². The Balaban J connectivity index is 0.00000392. The minimum absolute atomic E-state index is 0. The van der Waals surface area contributed by atoms with Crippen molar-refractivity contribution in [3.63, 3.8) is 0 Å².